The number of thiocarbonyl (C=S) groups is 1. The summed E-state index contributed by atoms with van der Waals surface area (Å²) in [5.74, 6) is 0.589. The van der Waals surface area contributed by atoms with E-state index in [0.717, 1.165) is 0 Å². The number of halogens is 2. The van der Waals surface area contributed by atoms with Crippen molar-refractivity contribution in [1.29, 1.82) is 0 Å². The van der Waals surface area contributed by atoms with Gasteiger partial charge in [-0.3, -0.25) is 0 Å². The van der Waals surface area contributed by atoms with Gasteiger partial charge in [-0.15, -0.1) is 23.2 Å². The molecule has 0 spiro atoms. The summed E-state index contributed by atoms with van der Waals surface area (Å²) in [5, 5.41) is 2.72. The fourth-order valence-corrected chi connectivity index (χ4v) is 3.39. The van der Waals surface area contributed by atoms with Crippen LogP contribution >= 0.6 is 35.4 Å². The van der Waals surface area contributed by atoms with Crippen molar-refractivity contribution in [2.24, 2.45) is 0 Å². The molecule has 8 heteroatoms. The van der Waals surface area contributed by atoms with Crippen LogP contribution in [0.5, 0.6) is 0 Å². The van der Waals surface area contributed by atoms with Crippen LogP contribution in [0, 0.1) is 0 Å². The van der Waals surface area contributed by atoms with Gasteiger partial charge in [0.25, 0.3) is 5.17 Å². The molecule has 1 aliphatic heterocycles. The van der Waals surface area contributed by atoms with E-state index in [1.54, 1.807) is 0 Å². The molecule has 1 saturated heterocycles. The summed E-state index contributed by atoms with van der Waals surface area (Å²) in [5.41, 5.74) is 0. The maximum atomic E-state index is 11.2. The highest BCUT2D eigenvalue weighted by Crippen LogP contribution is 2.11. The molecule has 0 aromatic heterocycles. The molecule has 1 N–H and O–H groups in total. The summed E-state index contributed by atoms with van der Waals surface area (Å²) >= 11 is 16.1. The molecule has 0 aliphatic carbocycles. The molecule has 0 radical (unpaired) electrons. The van der Waals surface area contributed by atoms with Crippen molar-refractivity contribution >= 4 is 50.4 Å². The second kappa shape index (κ2) is 6.23. The van der Waals surface area contributed by atoms with Gasteiger partial charge in [-0.05, 0) is 18.6 Å². The van der Waals surface area contributed by atoms with Crippen molar-refractivity contribution in [1.82, 2.24) is 5.32 Å². The van der Waals surface area contributed by atoms with Crippen LogP contribution in [0.4, 0.5) is 0 Å². The lowest BCUT2D eigenvalue weighted by atomic mass is 10.3. The Hall–Kier alpha value is 0.220. The summed E-state index contributed by atoms with van der Waals surface area (Å²) in [6, 6.07) is -0.151. The van der Waals surface area contributed by atoms with E-state index in [1.807, 2.05) is 0 Å². The molecule has 1 fully saturated rings. The Kier molecular flexibility index (Phi) is 5.56. The van der Waals surface area contributed by atoms with E-state index in [9.17, 15) is 8.42 Å². The van der Waals surface area contributed by atoms with Gasteiger partial charge >= 0.3 is 0 Å². The molecule has 0 bridgehead atoms. The van der Waals surface area contributed by atoms with E-state index in [4.69, 9.17) is 40.2 Å². The average molecular weight is 306 g/mol. The molecular formula is C8H13Cl2NO3S2. The molecule has 1 aliphatic rings. The van der Waals surface area contributed by atoms with Crippen LogP contribution < -0.4 is 5.32 Å². The van der Waals surface area contributed by atoms with Crippen molar-refractivity contribution in [2.45, 2.75) is 17.8 Å². The monoisotopic (exact) mass is 305 g/mol. The first kappa shape index (κ1) is 14.3. The summed E-state index contributed by atoms with van der Waals surface area (Å²) in [6.45, 7) is 0.219. The van der Waals surface area contributed by atoms with E-state index in [0.29, 0.717) is 6.42 Å². The van der Waals surface area contributed by atoms with Gasteiger partial charge in [0.15, 0.2) is 9.84 Å². The maximum absolute atomic E-state index is 11.2. The zero-order valence-electron chi connectivity index (χ0n) is 8.49. The molecule has 0 amide bonds. The zero-order valence-corrected chi connectivity index (χ0v) is 11.6. The van der Waals surface area contributed by atoms with E-state index in [-0.39, 0.29) is 40.6 Å². The Morgan fingerprint density at radius 2 is 2.31 bits per heavy atom. The second-order valence-electron chi connectivity index (χ2n) is 3.59. The van der Waals surface area contributed by atoms with Crippen LogP contribution in [-0.2, 0) is 14.6 Å². The summed E-state index contributed by atoms with van der Waals surface area (Å²) in [7, 11) is -2.90. The molecule has 94 valence electrons. The Balaban J connectivity index is 2.25. The lowest BCUT2D eigenvalue weighted by Gasteiger charge is -2.15. The molecule has 1 rings (SSSR count). The molecule has 4 nitrogen and oxygen atoms in total. The fourth-order valence-electron chi connectivity index (χ4n) is 1.33. The van der Waals surface area contributed by atoms with E-state index >= 15 is 0 Å². The summed E-state index contributed by atoms with van der Waals surface area (Å²) in [6.07, 6.45) is 0.561. The van der Waals surface area contributed by atoms with Gasteiger partial charge in [-0.2, -0.15) is 0 Å². The smallest absolute Gasteiger partial charge is 0.256 e. The van der Waals surface area contributed by atoms with Gasteiger partial charge < -0.3 is 10.1 Å². The van der Waals surface area contributed by atoms with Crippen molar-refractivity contribution in [3.8, 4) is 0 Å². The largest absolute Gasteiger partial charge is 0.469 e. The molecule has 2 atom stereocenters. The first-order valence-electron chi connectivity index (χ1n) is 4.76. The normalized spacial score (nSPS) is 25.0. The number of hydrogen-bond donors (Lipinski definition) is 1. The van der Waals surface area contributed by atoms with Crippen LogP contribution in [-0.4, -0.2) is 49.0 Å². The number of sulfone groups is 1. The minimum Gasteiger partial charge on any atom is -0.469 e. The van der Waals surface area contributed by atoms with Crippen LogP contribution in [0.1, 0.15) is 6.42 Å². The zero-order chi connectivity index (χ0) is 12.2. The minimum atomic E-state index is -2.90. The predicted octanol–water partition coefficient (Wildman–Crippen LogP) is 0.911. The lowest BCUT2D eigenvalue weighted by Crippen LogP contribution is -2.36. The van der Waals surface area contributed by atoms with Crippen molar-refractivity contribution in [2.75, 3.05) is 24.0 Å². The second-order valence-corrected chi connectivity index (χ2v) is 7.12. The van der Waals surface area contributed by atoms with Gasteiger partial charge in [0.05, 0.1) is 16.9 Å². The Bertz CT molecular complexity index is 347. The molecule has 16 heavy (non-hydrogen) atoms. The molecule has 0 unspecified atom stereocenters. The number of rotatable bonds is 4. The Labute approximate surface area is 111 Å². The average Bonchev–Trinajstić information content (AvgIpc) is 2.54. The quantitative estimate of drug-likeness (QED) is 0.618. The molecule has 0 aromatic carbocycles. The number of nitrogens with one attached hydrogen (secondary N) is 1. The van der Waals surface area contributed by atoms with E-state index in [1.165, 1.54) is 0 Å². The third-order valence-corrected chi connectivity index (χ3v) is 4.93. The standard InChI is InChI=1S/C8H13Cl2NO3S2/c9-3-6(10)4-14-8(15)11-7-1-2-16(12,13)5-7/h6-7H,1-5H2,(H,11,15)/t6-,7+/m0/s1. The van der Waals surface area contributed by atoms with Gasteiger partial charge in [-0.25, -0.2) is 8.42 Å². The van der Waals surface area contributed by atoms with Gasteiger partial charge in [0, 0.05) is 11.9 Å². The van der Waals surface area contributed by atoms with Crippen LogP contribution in [0.2, 0.25) is 0 Å². The molecular weight excluding hydrogens is 293 g/mol. The maximum Gasteiger partial charge on any atom is 0.256 e. The predicted molar refractivity (Wildman–Crippen MR) is 69.1 cm³/mol. The van der Waals surface area contributed by atoms with Gasteiger partial charge in [0.1, 0.15) is 6.61 Å². The topological polar surface area (TPSA) is 55.4 Å². The minimum absolute atomic E-state index is 0.107. The molecule has 0 saturated carbocycles. The Morgan fingerprint density at radius 3 is 2.81 bits per heavy atom. The molecule has 1 heterocycles. The third-order valence-electron chi connectivity index (χ3n) is 2.12. The van der Waals surface area contributed by atoms with Crippen molar-refractivity contribution in [3.05, 3.63) is 0 Å². The summed E-state index contributed by atoms with van der Waals surface area (Å²) < 4.78 is 27.5. The first-order chi connectivity index (χ1) is 7.43. The highest BCUT2D eigenvalue weighted by Gasteiger charge is 2.28. The van der Waals surface area contributed by atoms with Crippen molar-refractivity contribution < 1.29 is 13.2 Å². The van der Waals surface area contributed by atoms with Crippen molar-refractivity contribution in [3.63, 3.8) is 0 Å². The first-order valence-corrected chi connectivity index (χ1v) is 7.97. The van der Waals surface area contributed by atoms with E-state index in [2.05, 4.69) is 5.32 Å². The summed E-state index contributed by atoms with van der Waals surface area (Å²) in [4.78, 5) is 0. The third kappa shape index (κ3) is 5.03. The molecule has 0 aromatic rings. The SMILES string of the molecule is O=S1(=O)CC[C@@H](NC(=S)OC[C@@H](Cl)CCl)C1. The van der Waals surface area contributed by atoms with E-state index < -0.39 is 9.84 Å². The van der Waals surface area contributed by atoms with Crippen LogP contribution in [0.25, 0.3) is 0 Å². The van der Waals surface area contributed by atoms with Gasteiger partial charge in [0.2, 0.25) is 0 Å². The van der Waals surface area contributed by atoms with Gasteiger partial charge in [-0.1, -0.05) is 0 Å². The number of ether oxygens (including phenoxy) is 1. The fraction of sp³-hybridized carbons (Fsp3) is 0.875. The number of alkyl halides is 2. The highest BCUT2D eigenvalue weighted by atomic mass is 35.5. The van der Waals surface area contributed by atoms with Crippen LogP contribution in [0.15, 0.2) is 0 Å². The lowest BCUT2D eigenvalue weighted by molar-refractivity contribution is 0.298. The Morgan fingerprint density at radius 1 is 1.62 bits per heavy atom. The highest BCUT2D eigenvalue weighted by molar-refractivity contribution is 7.91. The van der Waals surface area contributed by atoms with Crippen LogP contribution in [0.3, 0.4) is 0 Å². The number of hydrogen-bond acceptors (Lipinski definition) is 4.